The standard InChI is InChI=1S/C18H19BrO2/c1-2-14(12-19)13-21-17-10-8-16(9-11-17)18(20)15-6-4-3-5-7-15/h3-11,14H,2,12-13H2,1H3. The highest BCUT2D eigenvalue weighted by Crippen LogP contribution is 2.17. The molecule has 0 saturated heterocycles. The summed E-state index contributed by atoms with van der Waals surface area (Å²) in [6, 6.07) is 16.7. The zero-order valence-electron chi connectivity index (χ0n) is 12.1. The summed E-state index contributed by atoms with van der Waals surface area (Å²) < 4.78 is 5.75. The molecule has 0 aliphatic carbocycles. The smallest absolute Gasteiger partial charge is 0.193 e. The molecule has 0 heterocycles. The largest absolute Gasteiger partial charge is 0.493 e. The lowest BCUT2D eigenvalue weighted by Crippen LogP contribution is -2.12. The van der Waals surface area contributed by atoms with Gasteiger partial charge < -0.3 is 4.74 Å². The summed E-state index contributed by atoms with van der Waals surface area (Å²) in [5.74, 6) is 1.35. The second kappa shape index (κ2) is 7.99. The zero-order valence-corrected chi connectivity index (χ0v) is 13.7. The number of ether oxygens (including phenoxy) is 1. The maximum Gasteiger partial charge on any atom is 0.193 e. The predicted octanol–water partition coefficient (Wildman–Crippen LogP) is 4.72. The Balaban J connectivity index is 2.00. The number of rotatable bonds is 7. The fraction of sp³-hybridized carbons (Fsp3) is 0.278. The normalized spacial score (nSPS) is 11.9. The van der Waals surface area contributed by atoms with Crippen molar-refractivity contribution in [1.82, 2.24) is 0 Å². The van der Waals surface area contributed by atoms with Crippen LogP contribution in [0.2, 0.25) is 0 Å². The molecule has 0 radical (unpaired) electrons. The second-order valence-electron chi connectivity index (χ2n) is 4.96. The minimum absolute atomic E-state index is 0.0362. The molecule has 0 aromatic heterocycles. The second-order valence-corrected chi connectivity index (χ2v) is 5.61. The van der Waals surface area contributed by atoms with Crippen LogP contribution in [-0.4, -0.2) is 17.7 Å². The Morgan fingerprint density at radius 1 is 1.05 bits per heavy atom. The van der Waals surface area contributed by atoms with E-state index in [0.717, 1.165) is 17.5 Å². The van der Waals surface area contributed by atoms with Gasteiger partial charge in [-0.1, -0.05) is 53.2 Å². The van der Waals surface area contributed by atoms with Crippen LogP contribution in [0.1, 0.15) is 29.3 Å². The van der Waals surface area contributed by atoms with E-state index in [0.29, 0.717) is 23.7 Å². The Bertz CT molecular complexity index is 560. The van der Waals surface area contributed by atoms with Gasteiger partial charge in [-0.15, -0.1) is 0 Å². The fourth-order valence-corrected chi connectivity index (χ4v) is 2.59. The highest BCUT2D eigenvalue weighted by atomic mass is 79.9. The van der Waals surface area contributed by atoms with Gasteiger partial charge in [-0.25, -0.2) is 0 Å². The highest BCUT2D eigenvalue weighted by molar-refractivity contribution is 9.09. The average Bonchev–Trinajstić information content (AvgIpc) is 2.56. The molecule has 0 aliphatic heterocycles. The number of alkyl halides is 1. The summed E-state index contributed by atoms with van der Waals surface area (Å²) in [5.41, 5.74) is 1.39. The molecule has 2 aromatic carbocycles. The molecule has 0 N–H and O–H groups in total. The van der Waals surface area contributed by atoms with Crippen molar-refractivity contribution >= 4 is 21.7 Å². The maximum atomic E-state index is 12.3. The molecule has 0 saturated carbocycles. The van der Waals surface area contributed by atoms with Gasteiger partial charge in [-0.3, -0.25) is 4.79 Å². The van der Waals surface area contributed by atoms with Crippen molar-refractivity contribution in [2.24, 2.45) is 5.92 Å². The van der Waals surface area contributed by atoms with Gasteiger partial charge in [0.25, 0.3) is 0 Å². The van der Waals surface area contributed by atoms with Crippen LogP contribution in [-0.2, 0) is 0 Å². The molecule has 1 atom stereocenters. The van der Waals surface area contributed by atoms with Crippen LogP contribution in [0.3, 0.4) is 0 Å². The summed E-state index contributed by atoms with van der Waals surface area (Å²) in [7, 11) is 0. The Kier molecular flexibility index (Phi) is 6.00. The third-order valence-electron chi connectivity index (χ3n) is 3.43. The van der Waals surface area contributed by atoms with Crippen molar-refractivity contribution < 1.29 is 9.53 Å². The van der Waals surface area contributed by atoms with Gasteiger partial charge in [0.2, 0.25) is 0 Å². The van der Waals surface area contributed by atoms with Gasteiger partial charge in [0.15, 0.2) is 5.78 Å². The Hall–Kier alpha value is -1.61. The van der Waals surface area contributed by atoms with Crippen molar-refractivity contribution in [2.45, 2.75) is 13.3 Å². The molecule has 0 fully saturated rings. The first kappa shape index (κ1) is 15.8. The van der Waals surface area contributed by atoms with Gasteiger partial charge in [0.1, 0.15) is 5.75 Å². The number of carbonyl (C=O) groups excluding carboxylic acids is 1. The first-order chi connectivity index (χ1) is 10.2. The van der Waals surface area contributed by atoms with Crippen molar-refractivity contribution in [1.29, 1.82) is 0 Å². The fourth-order valence-electron chi connectivity index (χ4n) is 1.94. The van der Waals surface area contributed by atoms with Crippen LogP contribution in [0.4, 0.5) is 0 Å². The molecule has 3 heteroatoms. The van der Waals surface area contributed by atoms with E-state index in [9.17, 15) is 4.79 Å². The summed E-state index contributed by atoms with van der Waals surface area (Å²) in [6.07, 6.45) is 1.08. The van der Waals surface area contributed by atoms with Crippen LogP contribution in [0.25, 0.3) is 0 Å². The molecular formula is C18H19BrO2. The lowest BCUT2D eigenvalue weighted by Gasteiger charge is -2.13. The predicted molar refractivity (Wildman–Crippen MR) is 89.4 cm³/mol. The first-order valence-electron chi connectivity index (χ1n) is 7.13. The van der Waals surface area contributed by atoms with Gasteiger partial charge in [0.05, 0.1) is 6.61 Å². The Morgan fingerprint density at radius 3 is 2.24 bits per heavy atom. The van der Waals surface area contributed by atoms with Crippen molar-refractivity contribution in [3.63, 3.8) is 0 Å². The van der Waals surface area contributed by atoms with E-state index >= 15 is 0 Å². The van der Waals surface area contributed by atoms with E-state index in [1.807, 2.05) is 54.6 Å². The molecule has 1 unspecified atom stereocenters. The van der Waals surface area contributed by atoms with Crippen LogP contribution in [0, 0.1) is 5.92 Å². The lowest BCUT2D eigenvalue weighted by molar-refractivity contribution is 0.103. The van der Waals surface area contributed by atoms with Crippen molar-refractivity contribution in [3.8, 4) is 5.75 Å². The molecule has 0 aliphatic rings. The topological polar surface area (TPSA) is 26.3 Å². The number of ketones is 1. The molecule has 2 aromatic rings. The lowest BCUT2D eigenvalue weighted by atomic mass is 10.0. The van der Waals surface area contributed by atoms with E-state index in [-0.39, 0.29) is 5.78 Å². The Labute approximate surface area is 134 Å². The molecule has 0 bridgehead atoms. The highest BCUT2D eigenvalue weighted by Gasteiger charge is 2.09. The first-order valence-corrected chi connectivity index (χ1v) is 8.25. The number of halogens is 1. The van der Waals surface area contributed by atoms with Crippen molar-refractivity contribution in [2.75, 3.05) is 11.9 Å². The molecule has 2 rings (SSSR count). The summed E-state index contributed by atoms with van der Waals surface area (Å²) in [5, 5.41) is 0.939. The minimum Gasteiger partial charge on any atom is -0.493 e. The summed E-state index contributed by atoms with van der Waals surface area (Å²) >= 11 is 3.48. The van der Waals surface area contributed by atoms with Crippen molar-refractivity contribution in [3.05, 3.63) is 65.7 Å². The van der Waals surface area contributed by atoms with Gasteiger partial charge in [-0.05, 0) is 30.7 Å². The third kappa shape index (κ3) is 4.43. The van der Waals surface area contributed by atoms with Crippen LogP contribution in [0.15, 0.2) is 54.6 Å². The number of carbonyl (C=O) groups is 1. The molecule has 0 amide bonds. The molecule has 2 nitrogen and oxygen atoms in total. The zero-order chi connectivity index (χ0) is 15.1. The molecule has 110 valence electrons. The van der Waals surface area contributed by atoms with Crippen LogP contribution < -0.4 is 4.74 Å². The van der Waals surface area contributed by atoms with Crippen LogP contribution in [0.5, 0.6) is 5.75 Å². The third-order valence-corrected chi connectivity index (χ3v) is 4.35. The molecular weight excluding hydrogens is 328 g/mol. The number of hydrogen-bond donors (Lipinski definition) is 0. The van der Waals surface area contributed by atoms with E-state index < -0.39 is 0 Å². The van der Waals surface area contributed by atoms with Crippen LogP contribution >= 0.6 is 15.9 Å². The van der Waals surface area contributed by atoms with E-state index in [4.69, 9.17) is 4.74 Å². The van der Waals surface area contributed by atoms with Gasteiger partial charge >= 0.3 is 0 Å². The van der Waals surface area contributed by atoms with E-state index in [1.54, 1.807) is 0 Å². The van der Waals surface area contributed by atoms with Gasteiger partial charge in [-0.2, -0.15) is 0 Å². The SMILES string of the molecule is CCC(CBr)COc1ccc(C(=O)c2ccccc2)cc1. The summed E-state index contributed by atoms with van der Waals surface area (Å²) in [6.45, 7) is 2.84. The van der Waals surface area contributed by atoms with E-state index in [1.165, 1.54) is 0 Å². The monoisotopic (exact) mass is 346 g/mol. The van der Waals surface area contributed by atoms with Gasteiger partial charge in [0, 0.05) is 22.4 Å². The quantitative estimate of drug-likeness (QED) is 0.535. The van der Waals surface area contributed by atoms with E-state index in [2.05, 4.69) is 22.9 Å². The Morgan fingerprint density at radius 2 is 1.67 bits per heavy atom. The number of hydrogen-bond acceptors (Lipinski definition) is 2. The maximum absolute atomic E-state index is 12.3. The summed E-state index contributed by atoms with van der Waals surface area (Å²) in [4.78, 5) is 12.3. The minimum atomic E-state index is 0.0362. The molecule has 0 spiro atoms. The average molecular weight is 347 g/mol. The number of benzene rings is 2. The molecule has 21 heavy (non-hydrogen) atoms.